The van der Waals surface area contributed by atoms with E-state index in [0.29, 0.717) is 23.3 Å². The van der Waals surface area contributed by atoms with Gasteiger partial charge in [-0.25, -0.2) is 9.97 Å². The molecule has 168 valence electrons. The summed E-state index contributed by atoms with van der Waals surface area (Å²) in [4.78, 5) is 13.4. The summed E-state index contributed by atoms with van der Waals surface area (Å²) in [7, 11) is 0. The second kappa shape index (κ2) is 7.45. The average Bonchev–Trinajstić information content (AvgIpc) is 3.33. The van der Waals surface area contributed by atoms with Crippen molar-refractivity contribution in [2.45, 2.75) is 56.0 Å². The fourth-order valence-corrected chi connectivity index (χ4v) is 5.79. The van der Waals surface area contributed by atoms with Gasteiger partial charge in [0.15, 0.2) is 0 Å². The van der Waals surface area contributed by atoms with Crippen molar-refractivity contribution in [3.05, 3.63) is 53.5 Å². The van der Waals surface area contributed by atoms with Gasteiger partial charge in [-0.05, 0) is 42.9 Å². The third-order valence-electron chi connectivity index (χ3n) is 7.19. The number of halogens is 3. The monoisotopic (exact) mass is 443 g/mol. The molecule has 32 heavy (non-hydrogen) atoms. The molecule has 1 aromatic carbocycles. The summed E-state index contributed by atoms with van der Waals surface area (Å²) in [5, 5.41) is 3.89. The Morgan fingerprint density at radius 2 is 1.84 bits per heavy atom. The highest BCUT2D eigenvalue weighted by molar-refractivity contribution is 5.88. The van der Waals surface area contributed by atoms with Gasteiger partial charge in [0.05, 0.1) is 24.6 Å². The van der Waals surface area contributed by atoms with Gasteiger partial charge in [0, 0.05) is 18.1 Å². The Morgan fingerprint density at radius 3 is 2.62 bits per heavy atom. The van der Waals surface area contributed by atoms with Gasteiger partial charge < -0.3 is 15.0 Å². The van der Waals surface area contributed by atoms with Crippen molar-refractivity contribution < 1.29 is 17.9 Å². The first kappa shape index (κ1) is 20.0. The lowest BCUT2D eigenvalue weighted by Gasteiger charge is -2.46. The Bertz CT molecular complexity index is 1130. The molecule has 0 amide bonds. The summed E-state index contributed by atoms with van der Waals surface area (Å²) >= 11 is 0. The third-order valence-corrected chi connectivity index (χ3v) is 7.19. The highest BCUT2D eigenvalue weighted by Gasteiger charge is 2.45. The number of hydrogen-bond donors (Lipinski definition) is 2. The minimum Gasteiger partial charge on any atom is -0.378 e. The Kier molecular flexibility index (Phi) is 4.65. The van der Waals surface area contributed by atoms with E-state index in [1.807, 2.05) is 12.1 Å². The lowest BCUT2D eigenvalue weighted by Crippen LogP contribution is -2.55. The molecule has 4 heterocycles. The van der Waals surface area contributed by atoms with Crippen LogP contribution in [-0.2, 0) is 17.3 Å². The summed E-state index contributed by atoms with van der Waals surface area (Å²) in [6.07, 6.45) is 1.06. The van der Waals surface area contributed by atoms with Gasteiger partial charge in [0.25, 0.3) is 0 Å². The van der Waals surface area contributed by atoms with Gasteiger partial charge in [-0.2, -0.15) is 13.2 Å². The maximum absolute atomic E-state index is 13.3. The van der Waals surface area contributed by atoms with Crippen LogP contribution in [0, 0.1) is 0 Å². The first-order chi connectivity index (χ1) is 15.5. The van der Waals surface area contributed by atoms with Crippen LogP contribution >= 0.6 is 0 Å². The maximum Gasteiger partial charge on any atom is 0.431 e. The number of alkyl halides is 3. The second-order valence-electron chi connectivity index (χ2n) is 8.96. The van der Waals surface area contributed by atoms with Crippen LogP contribution < -0.4 is 5.32 Å². The van der Waals surface area contributed by atoms with Gasteiger partial charge in [0.2, 0.25) is 0 Å². The van der Waals surface area contributed by atoms with Crippen molar-refractivity contribution in [3.63, 3.8) is 0 Å². The predicted molar refractivity (Wildman–Crippen MR) is 113 cm³/mol. The number of nitrogens with one attached hydrogen (secondary N) is 2. The van der Waals surface area contributed by atoms with Crippen molar-refractivity contribution in [2.24, 2.45) is 0 Å². The molecule has 4 atom stereocenters. The molecule has 2 fully saturated rings. The molecule has 2 saturated heterocycles. The molecule has 0 radical (unpaired) electrons. The van der Waals surface area contributed by atoms with Crippen LogP contribution in [0.3, 0.4) is 0 Å². The Balaban J connectivity index is 1.41. The van der Waals surface area contributed by atoms with E-state index in [2.05, 4.69) is 37.3 Å². The van der Waals surface area contributed by atoms with E-state index in [9.17, 15) is 13.2 Å². The SMILES string of the molecule is FC(F)(F)c1cc2c(NC3c4ccccc4CCC3N3C4CCC3COC4)ncnc2[nH]1. The number of fused-ring (bicyclic) bond motifs is 4. The topological polar surface area (TPSA) is 66.1 Å². The Hall–Kier alpha value is -2.65. The van der Waals surface area contributed by atoms with E-state index >= 15 is 0 Å². The third kappa shape index (κ3) is 3.26. The Morgan fingerprint density at radius 1 is 1.06 bits per heavy atom. The fourth-order valence-electron chi connectivity index (χ4n) is 5.79. The number of rotatable bonds is 3. The van der Waals surface area contributed by atoms with Gasteiger partial charge in [-0.15, -0.1) is 0 Å². The molecule has 0 spiro atoms. The number of morpholine rings is 1. The first-order valence-corrected chi connectivity index (χ1v) is 11.1. The normalized spacial score (nSPS) is 28.1. The highest BCUT2D eigenvalue weighted by atomic mass is 19.4. The van der Waals surface area contributed by atoms with E-state index in [0.717, 1.165) is 45.0 Å². The van der Waals surface area contributed by atoms with E-state index in [1.165, 1.54) is 17.5 Å². The first-order valence-electron chi connectivity index (χ1n) is 11.1. The maximum atomic E-state index is 13.3. The van der Waals surface area contributed by atoms with E-state index < -0.39 is 11.9 Å². The van der Waals surface area contributed by atoms with Crippen LogP contribution in [0.5, 0.6) is 0 Å². The standard InChI is InChI=1S/C23H24F3N5O/c24-23(25,26)19-9-17-21(29-19)27-12-28-22(17)30-20-16-4-2-1-3-13(16)5-8-18(20)31-14-6-7-15(31)11-32-10-14/h1-4,9,12,14-15,18,20H,5-8,10-11H2,(H2,27,28,29,30). The van der Waals surface area contributed by atoms with Crippen molar-refractivity contribution in [2.75, 3.05) is 18.5 Å². The summed E-state index contributed by atoms with van der Waals surface area (Å²) in [6.45, 7) is 1.48. The lowest BCUT2D eigenvalue weighted by atomic mass is 9.82. The largest absolute Gasteiger partial charge is 0.431 e. The number of aromatic nitrogens is 3. The van der Waals surface area contributed by atoms with Crippen LogP contribution in [0.15, 0.2) is 36.7 Å². The summed E-state index contributed by atoms with van der Waals surface area (Å²) in [6, 6.07) is 10.3. The number of nitrogens with zero attached hydrogens (tertiary/aromatic N) is 3. The zero-order valence-corrected chi connectivity index (χ0v) is 17.4. The molecule has 6 rings (SSSR count). The smallest absolute Gasteiger partial charge is 0.378 e. The van der Waals surface area contributed by atoms with E-state index in [4.69, 9.17) is 4.74 Å². The fraction of sp³-hybridized carbons (Fsp3) is 0.478. The quantitative estimate of drug-likeness (QED) is 0.632. The number of aromatic amines is 1. The van der Waals surface area contributed by atoms with Gasteiger partial charge in [-0.3, -0.25) is 4.90 Å². The molecule has 1 aliphatic carbocycles. The van der Waals surface area contributed by atoms with Crippen molar-refractivity contribution in [1.29, 1.82) is 0 Å². The number of ether oxygens (including phenoxy) is 1. The van der Waals surface area contributed by atoms with E-state index in [-0.39, 0.29) is 17.7 Å². The summed E-state index contributed by atoms with van der Waals surface area (Å²) < 4.78 is 45.7. The molecule has 3 aromatic rings. The van der Waals surface area contributed by atoms with Gasteiger partial charge >= 0.3 is 6.18 Å². The molecule has 2 bridgehead atoms. The number of benzene rings is 1. The second-order valence-corrected chi connectivity index (χ2v) is 8.96. The molecule has 6 nitrogen and oxygen atoms in total. The number of aryl methyl sites for hydroxylation is 1. The molecule has 2 aliphatic heterocycles. The van der Waals surface area contributed by atoms with Crippen LogP contribution in [0.4, 0.5) is 19.0 Å². The molecule has 0 saturated carbocycles. The van der Waals surface area contributed by atoms with Crippen LogP contribution in [0.25, 0.3) is 11.0 Å². The number of anilines is 1. The number of hydrogen-bond acceptors (Lipinski definition) is 5. The van der Waals surface area contributed by atoms with Crippen molar-refractivity contribution in [3.8, 4) is 0 Å². The molecule has 2 N–H and O–H groups in total. The minimum absolute atomic E-state index is 0.0801. The van der Waals surface area contributed by atoms with Crippen molar-refractivity contribution >= 4 is 16.9 Å². The highest BCUT2D eigenvalue weighted by Crippen LogP contribution is 2.42. The zero-order valence-electron chi connectivity index (χ0n) is 17.4. The predicted octanol–water partition coefficient (Wildman–Crippen LogP) is 4.31. The zero-order chi connectivity index (χ0) is 21.9. The molecule has 3 aliphatic rings. The van der Waals surface area contributed by atoms with Gasteiger partial charge in [-0.1, -0.05) is 24.3 Å². The van der Waals surface area contributed by atoms with Crippen LogP contribution in [-0.4, -0.2) is 51.2 Å². The molecule has 2 aromatic heterocycles. The van der Waals surface area contributed by atoms with Crippen LogP contribution in [0.1, 0.15) is 42.1 Å². The average molecular weight is 443 g/mol. The molecule has 9 heteroatoms. The summed E-state index contributed by atoms with van der Waals surface area (Å²) in [5.74, 6) is 0.425. The van der Waals surface area contributed by atoms with E-state index in [1.54, 1.807) is 0 Å². The minimum atomic E-state index is -4.47. The number of H-pyrrole nitrogens is 1. The van der Waals surface area contributed by atoms with Gasteiger partial charge in [0.1, 0.15) is 23.5 Å². The summed E-state index contributed by atoms with van der Waals surface area (Å²) in [5.41, 5.74) is 1.83. The molecular weight excluding hydrogens is 419 g/mol. The lowest BCUT2D eigenvalue weighted by molar-refractivity contribution is -0.140. The van der Waals surface area contributed by atoms with Crippen molar-refractivity contribution in [1.82, 2.24) is 19.9 Å². The van der Waals surface area contributed by atoms with Crippen LogP contribution in [0.2, 0.25) is 0 Å². The molecular formula is C23H24F3N5O. The molecule has 4 unspecified atom stereocenters. The Labute approximate surface area is 183 Å².